The van der Waals surface area contributed by atoms with Crippen LogP contribution in [0.15, 0.2) is 29.3 Å². The van der Waals surface area contributed by atoms with Gasteiger partial charge in [0.15, 0.2) is 5.96 Å². The Morgan fingerprint density at radius 2 is 2.07 bits per heavy atom. The minimum atomic E-state index is -0.561. The van der Waals surface area contributed by atoms with Gasteiger partial charge in [0.05, 0.1) is 12.1 Å². The number of nitrogens with two attached hydrogens (primary N) is 2. The second-order valence-electron chi connectivity index (χ2n) is 6.89. The molecule has 150 valence electrons. The third-order valence-electron chi connectivity index (χ3n) is 3.92. The number of amides is 1. The Labute approximate surface area is 165 Å². The van der Waals surface area contributed by atoms with Crippen molar-refractivity contribution in [2.45, 2.75) is 51.7 Å². The summed E-state index contributed by atoms with van der Waals surface area (Å²) in [5.74, 6) is 0.151. The smallest absolute Gasteiger partial charge is 0.237 e. The molecule has 0 bridgehead atoms. The van der Waals surface area contributed by atoms with Crippen molar-refractivity contribution in [1.82, 2.24) is 10.6 Å². The molecule has 8 heteroatoms. The van der Waals surface area contributed by atoms with E-state index in [-0.39, 0.29) is 11.9 Å². The highest BCUT2D eigenvalue weighted by molar-refractivity contribution is 6.30. The van der Waals surface area contributed by atoms with Crippen molar-refractivity contribution in [3.05, 3.63) is 34.9 Å². The highest BCUT2D eigenvalue weighted by atomic mass is 35.5. The van der Waals surface area contributed by atoms with Crippen LogP contribution in [-0.2, 0) is 16.1 Å². The van der Waals surface area contributed by atoms with Crippen molar-refractivity contribution in [3.8, 4) is 0 Å². The number of hydrogen-bond donors (Lipinski definition) is 4. The maximum Gasteiger partial charge on any atom is 0.237 e. The van der Waals surface area contributed by atoms with E-state index in [4.69, 9.17) is 23.1 Å². The zero-order chi connectivity index (χ0) is 20.2. The molecule has 0 unspecified atom stereocenters. The van der Waals surface area contributed by atoms with Gasteiger partial charge < -0.3 is 26.9 Å². The SMILES string of the molecule is CC(C)C[C@H](NCc1cccc(Cl)c1)C(=O)N[C@H](C=O)CCCN=C(N)N. The molecule has 1 aromatic rings. The van der Waals surface area contributed by atoms with Gasteiger partial charge in [-0.3, -0.25) is 9.79 Å². The fourth-order valence-corrected chi connectivity index (χ4v) is 2.83. The zero-order valence-electron chi connectivity index (χ0n) is 16.0. The lowest BCUT2D eigenvalue weighted by atomic mass is 10.0. The third-order valence-corrected chi connectivity index (χ3v) is 4.16. The quantitative estimate of drug-likeness (QED) is 0.185. The van der Waals surface area contributed by atoms with Crippen molar-refractivity contribution < 1.29 is 9.59 Å². The summed E-state index contributed by atoms with van der Waals surface area (Å²) >= 11 is 6.00. The van der Waals surface area contributed by atoms with E-state index in [2.05, 4.69) is 15.6 Å². The van der Waals surface area contributed by atoms with Crippen LogP contribution in [0.4, 0.5) is 0 Å². The van der Waals surface area contributed by atoms with Gasteiger partial charge in [-0.05, 0) is 42.9 Å². The van der Waals surface area contributed by atoms with Gasteiger partial charge in [-0.2, -0.15) is 0 Å². The topological polar surface area (TPSA) is 123 Å². The van der Waals surface area contributed by atoms with E-state index in [0.29, 0.717) is 43.3 Å². The first-order valence-corrected chi connectivity index (χ1v) is 9.48. The van der Waals surface area contributed by atoms with Gasteiger partial charge in [0, 0.05) is 18.1 Å². The number of guanidine groups is 1. The summed E-state index contributed by atoms with van der Waals surface area (Å²) in [7, 11) is 0. The molecule has 0 saturated heterocycles. The van der Waals surface area contributed by atoms with E-state index >= 15 is 0 Å². The summed E-state index contributed by atoms with van der Waals surface area (Å²) in [5, 5.41) is 6.72. The molecule has 1 aromatic carbocycles. The van der Waals surface area contributed by atoms with Crippen molar-refractivity contribution >= 4 is 29.8 Å². The van der Waals surface area contributed by atoms with E-state index < -0.39 is 12.1 Å². The molecule has 0 radical (unpaired) electrons. The Kier molecular flexibility index (Phi) is 10.4. The Morgan fingerprint density at radius 3 is 2.67 bits per heavy atom. The highest BCUT2D eigenvalue weighted by Crippen LogP contribution is 2.12. The number of carbonyl (C=O) groups excluding carboxylic acids is 2. The van der Waals surface area contributed by atoms with Crippen LogP contribution >= 0.6 is 11.6 Å². The Morgan fingerprint density at radius 1 is 1.33 bits per heavy atom. The zero-order valence-corrected chi connectivity index (χ0v) is 16.7. The molecule has 2 atom stereocenters. The number of aldehydes is 1. The molecule has 0 aliphatic heterocycles. The maximum atomic E-state index is 12.7. The average molecular weight is 396 g/mol. The van der Waals surface area contributed by atoms with E-state index in [1.54, 1.807) is 6.07 Å². The van der Waals surface area contributed by atoms with Crippen LogP contribution < -0.4 is 22.1 Å². The summed E-state index contributed by atoms with van der Waals surface area (Å²) < 4.78 is 0. The molecule has 0 saturated carbocycles. The summed E-state index contributed by atoms with van der Waals surface area (Å²) in [6.07, 6.45) is 2.49. The highest BCUT2D eigenvalue weighted by Gasteiger charge is 2.22. The number of benzene rings is 1. The summed E-state index contributed by atoms with van der Waals surface area (Å²) in [4.78, 5) is 27.8. The van der Waals surface area contributed by atoms with Gasteiger partial charge in [0.1, 0.15) is 6.29 Å². The monoisotopic (exact) mass is 395 g/mol. The molecule has 0 heterocycles. The average Bonchev–Trinajstić information content (AvgIpc) is 2.60. The molecule has 0 aromatic heterocycles. The van der Waals surface area contributed by atoms with Crippen molar-refractivity contribution in [1.29, 1.82) is 0 Å². The van der Waals surface area contributed by atoms with Crippen LogP contribution in [-0.4, -0.2) is 36.8 Å². The Hall–Kier alpha value is -2.12. The standard InChI is InChI=1S/C19H30ClN5O2/c1-13(2)9-17(24-11-14-5-3-6-15(20)10-14)18(27)25-16(12-26)7-4-8-23-19(21)22/h3,5-6,10,12-13,16-17,24H,4,7-9,11H2,1-2H3,(H,25,27)(H4,21,22,23)/t16-,17-/m0/s1. The van der Waals surface area contributed by atoms with Gasteiger partial charge in [-0.15, -0.1) is 0 Å². The summed E-state index contributed by atoms with van der Waals surface area (Å²) in [5.41, 5.74) is 11.5. The molecule has 0 aliphatic carbocycles. The second-order valence-corrected chi connectivity index (χ2v) is 7.33. The number of nitrogens with one attached hydrogen (secondary N) is 2. The van der Waals surface area contributed by atoms with Gasteiger partial charge >= 0.3 is 0 Å². The van der Waals surface area contributed by atoms with Crippen molar-refractivity contribution in [2.24, 2.45) is 22.4 Å². The number of aliphatic imine (C=N–C) groups is 1. The molecule has 6 N–H and O–H groups in total. The molecular weight excluding hydrogens is 366 g/mol. The van der Waals surface area contributed by atoms with Crippen LogP contribution in [0.3, 0.4) is 0 Å². The van der Waals surface area contributed by atoms with Gasteiger partial charge in [0.25, 0.3) is 0 Å². The van der Waals surface area contributed by atoms with E-state index in [9.17, 15) is 9.59 Å². The number of halogens is 1. The van der Waals surface area contributed by atoms with Crippen LogP contribution in [0.1, 0.15) is 38.7 Å². The van der Waals surface area contributed by atoms with Crippen LogP contribution in [0.5, 0.6) is 0 Å². The first kappa shape index (κ1) is 22.9. The number of carbonyl (C=O) groups is 2. The first-order chi connectivity index (χ1) is 12.8. The summed E-state index contributed by atoms with van der Waals surface area (Å²) in [6, 6.07) is 6.52. The molecule has 1 amide bonds. The second kappa shape index (κ2) is 12.3. The van der Waals surface area contributed by atoms with Crippen LogP contribution in [0.2, 0.25) is 5.02 Å². The molecule has 0 fully saturated rings. The lowest BCUT2D eigenvalue weighted by molar-refractivity contribution is -0.126. The molecule has 1 rings (SSSR count). The Balaban J connectivity index is 2.61. The number of rotatable bonds is 12. The van der Waals surface area contributed by atoms with Crippen LogP contribution in [0.25, 0.3) is 0 Å². The van der Waals surface area contributed by atoms with Gasteiger partial charge in [-0.1, -0.05) is 37.6 Å². The largest absolute Gasteiger partial charge is 0.370 e. The fourth-order valence-electron chi connectivity index (χ4n) is 2.62. The van der Waals surface area contributed by atoms with Gasteiger partial charge in [0.2, 0.25) is 5.91 Å². The number of hydrogen-bond acceptors (Lipinski definition) is 4. The molecule has 7 nitrogen and oxygen atoms in total. The minimum Gasteiger partial charge on any atom is -0.370 e. The number of nitrogens with zero attached hydrogens (tertiary/aromatic N) is 1. The van der Waals surface area contributed by atoms with E-state index in [1.165, 1.54) is 0 Å². The lowest BCUT2D eigenvalue weighted by Gasteiger charge is -2.22. The predicted molar refractivity (Wildman–Crippen MR) is 109 cm³/mol. The summed E-state index contributed by atoms with van der Waals surface area (Å²) in [6.45, 7) is 5.04. The predicted octanol–water partition coefficient (Wildman–Crippen LogP) is 1.58. The normalized spacial score (nSPS) is 13.0. The molecule has 0 aliphatic rings. The molecule has 27 heavy (non-hydrogen) atoms. The van der Waals surface area contributed by atoms with Crippen molar-refractivity contribution in [3.63, 3.8) is 0 Å². The molecular formula is C19H30ClN5O2. The Bertz CT molecular complexity index is 632. The van der Waals surface area contributed by atoms with Crippen LogP contribution in [0, 0.1) is 5.92 Å². The third kappa shape index (κ3) is 9.96. The van der Waals surface area contributed by atoms with Gasteiger partial charge in [-0.25, -0.2) is 0 Å². The van der Waals surface area contributed by atoms with E-state index in [0.717, 1.165) is 11.8 Å². The van der Waals surface area contributed by atoms with E-state index in [1.807, 2.05) is 32.0 Å². The molecule has 0 spiro atoms. The lowest BCUT2D eigenvalue weighted by Crippen LogP contribution is -2.48. The maximum absolute atomic E-state index is 12.7. The first-order valence-electron chi connectivity index (χ1n) is 9.10. The van der Waals surface area contributed by atoms with Crippen molar-refractivity contribution in [2.75, 3.05) is 6.54 Å². The fraction of sp³-hybridized carbons (Fsp3) is 0.526. The minimum absolute atomic E-state index is 0.0175.